The van der Waals surface area contributed by atoms with Crippen LogP contribution in [-0.2, 0) is 17.0 Å². The fourth-order valence-corrected chi connectivity index (χ4v) is 3.48. The molecule has 1 N–H and O–H groups in total. The average Bonchev–Trinajstić information content (AvgIpc) is 3.21. The van der Waals surface area contributed by atoms with Gasteiger partial charge in [-0.1, -0.05) is 30.3 Å². The number of nitrogens with one attached hydrogen (secondary N) is 1. The minimum Gasteiger partial charge on any atom is -0.491 e. The van der Waals surface area contributed by atoms with Gasteiger partial charge in [0.1, 0.15) is 12.4 Å². The molecule has 0 saturated heterocycles. The Kier molecular flexibility index (Phi) is 7.58. The number of carbonyl (C=O) groups is 1. The van der Waals surface area contributed by atoms with E-state index in [1.165, 1.54) is 0 Å². The zero-order valence-electron chi connectivity index (χ0n) is 15.7. The van der Waals surface area contributed by atoms with E-state index in [-0.39, 0.29) is 5.91 Å². The zero-order chi connectivity index (χ0) is 19.6. The molecule has 3 rings (SSSR count). The normalized spacial score (nSPS) is 10.6. The summed E-state index contributed by atoms with van der Waals surface area (Å²) < 4.78 is 16.0. The molecule has 146 valence electrons. The number of hydrogen-bond donors (Lipinski definition) is 1. The van der Waals surface area contributed by atoms with Crippen molar-refractivity contribution in [2.75, 3.05) is 20.3 Å². The quantitative estimate of drug-likeness (QED) is 0.402. The maximum Gasteiger partial charge on any atom is 0.287 e. The molecule has 1 amide bonds. The molecule has 0 bridgehead atoms. The van der Waals surface area contributed by atoms with Crippen molar-refractivity contribution in [1.29, 1.82) is 0 Å². The minimum atomic E-state index is -0.223. The average molecular weight is 397 g/mol. The smallest absolute Gasteiger partial charge is 0.287 e. The topological polar surface area (TPSA) is 60.7 Å². The van der Waals surface area contributed by atoms with Crippen LogP contribution in [0, 0.1) is 0 Å². The highest BCUT2D eigenvalue weighted by Crippen LogP contribution is 2.25. The molecule has 0 radical (unpaired) electrons. The van der Waals surface area contributed by atoms with Crippen LogP contribution in [0.3, 0.4) is 0 Å². The Morgan fingerprint density at radius 2 is 1.93 bits per heavy atom. The van der Waals surface area contributed by atoms with E-state index >= 15 is 0 Å². The van der Waals surface area contributed by atoms with Gasteiger partial charge in [0.15, 0.2) is 5.76 Å². The van der Waals surface area contributed by atoms with Crippen molar-refractivity contribution in [3.8, 4) is 5.75 Å². The van der Waals surface area contributed by atoms with Crippen LogP contribution in [-0.4, -0.2) is 26.2 Å². The number of benzene rings is 2. The molecule has 28 heavy (non-hydrogen) atoms. The first-order chi connectivity index (χ1) is 13.8. The van der Waals surface area contributed by atoms with Crippen molar-refractivity contribution < 1.29 is 18.7 Å². The molecule has 0 spiro atoms. The number of rotatable bonds is 10. The van der Waals surface area contributed by atoms with Crippen LogP contribution in [0.15, 0.2) is 76.2 Å². The summed E-state index contributed by atoms with van der Waals surface area (Å²) in [6.07, 6.45) is 1.56. The molecule has 3 aromatic rings. The molecule has 2 aromatic carbocycles. The molecule has 1 heterocycles. The standard InChI is InChI=1S/C22H23NO4S/c1-25-12-13-26-19-7-5-6-17(14-19)15-23-22(24)21-18(10-11-27-21)16-28-20-8-3-2-4-9-20/h2-11,14H,12-13,15-16H2,1H3,(H,23,24). The number of ether oxygens (including phenoxy) is 2. The highest BCUT2D eigenvalue weighted by Gasteiger charge is 2.15. The molecule has 0 aliphatic carbocycles. The lowest BCUT2D eigenvalue weighted by atomic mass is 10.2. The molecular weight excluding hydrogens is 374 g/mol. The Bertz CT molecular complexity index is 879. The van der Waals surface area contributed by atoms with E-state index in [1.807, 2.05) is 60.7 Å². The molecule has 1 aromatic heterocycles. The van der Waals surface area contributed by atoms with Crippen molar-refractivity contribution in [3.63, 3.8) is 0 Å². The van der Waals surface area contributed by atoms with Gasteiger partial charge < -0.3 is 19.2 Å². The fourth-order valence-electron chi connectivity index (χ4n) is 2.58. The van der Waals surface area contributed by atoms with Crippen molar-refractivity contribution in [3.05, 3.63) is 83.8 Å². The van der Waals surface area contributed by atoms with Gasteiger partial charge in [0.2, 0.25) is 0 Å². The molecule has 6 heteroatoms. The highest BCUT2D eigenvalue weighted by atomic mass is 32.2. The SMILES string of the molecule is COCCOc1cccc(CNC(=O)c2occc2CSc2ccccc2)c1. The summed E-state index contributed by atoms with van der Waals surface area (Å²) in [7, 11) is 1.64. The van der Waals surface area contributed by atoms with Crippen molar-refractivity contribution >= 4 is 17.7 Å². The van der Waals surface area contributed by atoms with Gasteiger partial charge in [0, 0.05) is 29.9 Å². The van der Waals surface area contributed by atoms with Gasteiger partial charge in [-0.2, -0.15) is 0 Å². The highest BCUT2D eigenvalue weighted by molar-refractivity contribution is 7.98. The second-order valence-corrected chi connectivity index (χ2v) is 7.10. The van der Waals surface area contributed by atoms with Crippen LogP contribution >= 0.6 is 11.8 Å². The van der Waals surface area contributed by atoms with Gasteiger partial charge in [0.25, 0.3) is 5.91 Å². The molecule has 0 fully saturated rings. The van der Waals surface area contributed by atoms with E-state index in [0.29, 0.717) is 31.3 Å². The predicted molar refractivity (Wildman–Crippen MR) is 110 cm³/mol. The van der Waals surface area contributed by atoms with E-state index < -0.39 is 0 Å². The molecule has 0 atom stereocenters. The van der Waals surface area contributed by atoms with E-state index in [4.69, 9.17) is 13.9 Å². The Morgan fingerprint density at radius 3 is 2.75 bits per heavy atom. The number of thioether (sulfide) groups is 1. The maximum absolute atomic E-state index is 12.5. The fraction of sp³-hybridized carbons (Fsp3) is 0.227. The lowest BCUT2D eigenvalue weighted by Gasteiger charge is -2.09. The van der Waals surface area contributed by atoms with Crippen molar-refractivity contribution in [2.24, 2.45) is 0 Å². The van der Waals surface area contributed by atoms with Crippen LogP contribution in [0.25, 0.3) is 0 Å². The third-order valence-corrected chi connectivity index (χ3v) is 5.06. The summed E-state index contributed by atoms with van der Waals surface area (Å²) in [5.74, 6) is 1.56. The summed E-state index contributed by atoms with van der Waals surface area (Å²) >= 11 is 1.67. The maximum atomic E-state index is 12.5. The minimum absolute atomic E-state index is 0.223. The van der Waals surface area contributed by atoms with Gasteiger partial charge in [-0.25, -0.2) is 0 Å². The Morgan fingerprint density at radius 1 is 1.07 bits per heavy atom. The predicted octanol–water partition coefficient (Wildman–Crippen LogP) is 4.53. The summed E-state index contributed by atoms with van der Waals surface area (Å²) in [6.45, 7) is 1.41. The summed E-state index contributed by atoms with van der Waals surface area (Å²) in [5.41, 5.74) is 1.83. The second-order valence-electron chi connectivity index (χ2n) is 6.05. The third kappa shape index (κ3) is 5.90. The first-order valence-electron chi connectivity index (χ1n) is 8.99. The lowest BCUT2D eigenvalue weighted by Crippen LogP contribution is -2.23. The molecule has 0 saturated carbocycles. The number of amides is 1. The number of furan rings is 1. The van der Waals surface area contributed by atoms with Gasteiger partial charge in [-0.3, -0.25) is 4.79 Å². The first-order valence-corrected chi connectivity index (χ1v) is 9.98. The summed E-state index contributed by atoms with van der Waals surface area (Å²) in [6, 6.07) is 19.6. The van der Waals surface area contributed by atoms with E-state index in [0.717, 1.165) is 21.8 Å². The molecular formula is C22H23NO4S. The van der Waals surface area contributed by atoms with Crippen LogP contribution in [0.2, 0.25) is 0 Å². The van der Waals surface area contributed by atoms with Crippen molar-refractivity contribution in [2.45, 2.75) is 17.2 Å². The second kappa shape index (κ2) is 10.6. The van der Waals surface area contributed by atoms with Crippen LogP contribution < -0.4 is 10.1 Å². The first kappa shape index (κ1) is 20.0. The molecule has 5 nitrogen and oxygen atoms in total. The lowest BCUT2D eigenvalue weighted by molar-refractivity contribution is 0.0922. The Labute approximate surface area is 169 Å². The van der Waals surface area contributed by atoms with Crippen LogP contribution in [0.5, 0.6) is 5.75 Å². The number of carbonyl (C=O) groups excluding carboxylic acids is 1. The van der Waals surface area contributed by atoms with Gasteiger partial charge in [-0.15, -0.1) is 11.8 Å². The van der Waals surface area contributed by atoms with Crippen LogP contribution in [0.1, 0.15) is 21.7 Å². The van der Waals surface area contributed by atoms with Crippen molar-refractivity contribution in [1.82, 2.24) is 5.32 Å². The van der Waals surface area contributed by atoms with Crippen LogP contribution in [0.4, 0.5) is 0 Å². The largest absolute Gasteiger partial charge is 0.491 e. The van der Waals surface area contributed by atoms with E-state index in [9.17, 15) is 4.79 Å². The summed E-state index contributed by atoms with van der Waals surface area (Å²) in [5, 5.41) is 2.91. The Hall–Kier alpha value is -2.70. The summed E-state index contributed by atoms with van der Waals surface area (Å²) in [4.78, 5) is 13.7. The van der Waals surface area contributed by atoms with E-state index in [1.54, 1.807) is 25.1 Å². The number of hydrogen-bond acceptors (Lipinski definition) is 5. The molecule has 0 unspecified atom stereocenters. The monoisotopic (exact) mass is 397 g/mol. The Balaban J connectivity index is 1.54. The molecule has 0 aliphatic rings. The van der Waals surface area contributed by atoms with Gasteiger partial charge in [0.05, 0.1) is 12.9 Å². The van der Waals surface area contributed by atoms with E-state index in [2.05, 4.69) is 5.32 Å². The molecule has 0 aliphatic heterocycles. The van der Waals surface area contributed by atoms with Gasteiger partial charge in [-0.05, 0) is 35.9 Å². The number of methoxy groups -OCH3 is 1. The van der Waals surface area contributed by atoms with Gasteiger partial charge >= 0.3 is 0 Å². The zero-order valence-corrected chi connectivity index (χ0v) is 16.5. The third-order valence-electron chi connectivity index (χ3n) is 4.00.